The molecular formula is C12H9F3N2OS. The minimum absolute atomic E-state index is 0.252. The first-order chi connectivity index (χ1) is 8.86. The molecule has 0 saturated heterocycles. The highest BCUT2D eigenvalue weighted by molar-refractivity contribution is 7.05. The van der Waals surface area contributed by atoms with Crippen LogP contribution in [0.4, 0.5) is 18.9 Å². The van der Waals surface area contributed by atoms with Crippen LogP contribution in [0.2, 0.25) is 0 Å². The van der Waals surface area contributed by atoms with Crippen LogP contribution in [0.25, 0.3) is 0 Å². The van der Waals surface area contributed by atoms with Gasteiger partial charge >= 0.3 is 6.18 Å². The van der Waals surface area contributed by atoms with Crippen LogP contribution in [-0.2, 0) is 6.18 Å². The maximum atomic E-state index is 12.4. The molecule has 0 bridgehead atoms. The van der Waals surface area contributed by atoms with Gasteiger partial charge in [0.25, 0.3) is 5.91 Å². The van der Waals surface area contributed by atoms with Crippen molar-refractivity contribution < 1.29 is 18.0 Å². The molecule has 19 heavy (non-hydrogen) atoms. The standard InChI is InChI=1S/C12H9F3N2OS/c1-7-6-10(17-19-7)11(18)16-9-4-2-8(3-5-9)12(13,14)15/h2-6H,1H3,(H,16,18). The number of carbonyl (C=O) groups excluding carboxylic acids is 1. The van der Waals surface area contributed by atoms with E-state index in [9.17, 15) is 18.0 Å². The summed E-state index contributed by atoms with van der Waals surface area (Å²) in [7, 11) is 0. The lowest BCUT2D eigenvalue weighted by atomic mass is 10.2. The number of hydrogen-bond acceptors (Lipinski definition) is 3. The molecule has 0 fully saturated rings. The molecular weight excluding hydrogens is 277 g/mol. The van der Waals surface area contributed by atoms with Crippen molar-refractivity contribution in [2.75, 3.05) is 5.32 Å². The number of alkyl halides is 3. The summed E-state index contributed by atoms with van der Waals surface area (Å²) < 4.78 is 41.0. The Hall–Kier alpha value is -1.89. The molecule has 0 saturated carbocycles. The zero-order chi connectivity index (χ0) is 14.0. The summed E-state index contributed by atoms with van der Waals surface area (Å²) >= 11 is 1.19. The molecule has 1 aromatic carbocycles. The third kappa shape index (κ3) is 3.31. The first-order valence-electron chi connectivity index (χ1n) is 5.28. The van der Waals surface area contributed by atoms with Crippen molar-refractivity contribution in [3.8, 4) is 0 Å². The van der Waals surface area contributed by atoms with E-state index in [4.69, 9.17) is 0 Å². The molecule has 0 unspecified atom stereocenters. The Morgan fingerprint density at radius 2 is 1.89 bits per heavy atom. The van der Waals surface area contributed by atoms with Gasteiger partial charge in [-0.3, -0.25) is 4.79 Å². The summed E-state index contributed by atoms with van der Waals surface area (Å²) in [5.41, 5.74) is -0.207. The zero-order valence-electron chi connectivity index (χ0n) is 9.78. The first kappa shape index (κ1) is 13.5. The van der Waals surface area contributed by atoms with Gasteiger partial charge in [-0.25, -0.2) is 0 Å². The normalized spacial score (nSPS) is 11.4. The monoisotopic (exact) mass is 286 g/mol. The largest absolute Gasteiger partial charge is 0.416 e. The fourth-order valence-corrected chi connectivity index (χ4v) is 1.95. The van der Waals surface area contributed by atoms with Gasteiger partial charge in [0.15, 0.2) is 0 Å². The Balaban J connectivity index is 2.10. The minimum atomic E-state index is -4.38. The van der Waals surface area contributed by atoms with Crippen LogP contribution >= 0.6 is 11.5 Å². The average molecular weight is 286 g/mol. The molecule has 0 radical (unpaired) electrons. The van der Waals surface area contributed by atoms with E-state index in [1.54, 1.807) is 6.07 Å². The Labute approximate surface area is 111 Å². The number of halogens is 3. The maximum absolute atomic E-state index is 12.4. The molecule has 1 heterocycles. The fourth-order valence-electron chi connectivity index (χ4n) is 1.41. The number of nitrogens with zero attached hydrogens (tertiary/aromatic N) is 1. The molecule has 0 aliphatic rings. The highest BCUT2D eigenvalue weighted by Crippen LogP contribution is 2.29. The van der Waals surface area contributed by atoms with Crippen molar-refractivity contribution in [3.63, 3.8) is 0 Å². The fraction of sp³-hybridized carbons (Fsp3) is 0.167. The summed E-state index contributed by atoms with van der Waals surface area (Å²) in [6.45, 7) is 1.81. The van der Waals surface area contributed by atoms with Crippen LogP contribution in [0.3, 0.4) is 0 Å². The topological polar surface area (TPSA) is 42.0 Å². The lowest BCUT2D eigenvalue weighted by Crippen LogP contribution is -2.12. The molecule has 1 N–H and O–H groups in total. The minimum Gasteiger partial charge on any atom is -0.321 e. The van der Waals surface area contributed by atoms with Gasteiger partial charge in [0, 0.05) is 10.6 Å². The molecule has 0 spiro atoms. The highest BCUT2D eigenvalue weighted by Gasteiger charge is 2.30. The van der Waals surface area contributed by atoms with Crippen LogP contribution in [0.5, 0.6) is 0 Å². The molecule has 2 aromatic rings. The van der Waals surface area contributed by atoms with Gasteiger partial charge in [0.2, 0.25) is 0 Å². The van der Waals surface area contributed by atoms with Crippen molar-refractivity contribution in [3.05, 3.63) is 46.5 Å². The molecule has 2 rings (SSSR count). The van der Waals surface area contributed by atoms with E-state index in [0.29, 0.717) is 5.69 Å². The van der Waals surface area contributed by atoms with Crippen LogP contribution in [-0.4, -0.2) is 10.3 Å². The van der Waals surface area contributed by atoms with Crippen LogP contribution in [0.15, 0.2) is 30.3 Å². The molecule has 1 amide bonds. The molecule has 3 nitrogen and oxygen atoms in total. The van der Waals surface area contributed by atoms with Crippen molar-refractivity contribution >= 4 is 23.1 Å². The summed E-state index contributed by atoms with van der Waals surface area (Å²) in [5, 5.41) is 2.49. The highest BCUT2D eigenvalue weighted by atomic mass is 32.1. The van der Waals surface area contributed by atoms with Crippen LogP contribution in [0, 0.1) is 6.92 Å². The van der Waals surface area contributed by atoms with Crippen molar-refractivity contribution in [1.29, 1.82) is 0 Å². The molecule has 0 aliphatic heterocycles. The number of benzene rings is 1. The van der Waals surface area contributed by atoms with Gasteiger partial charge in [0.1, 0.15) is 5.69 Å². The van der Waals surface area contributed by atoms with Gasteiger partial charge in [-0.15, -0.1) is 0 Å². The quantitative estimate of drug-likeness (QED) is 0.914. The second-order valence-corrected chi connectivity index (χ2v) is 4.86. The van der Waals surface area contributed by atoms with Gasteiger partial charge in [-0.1, -0.05) is 0 Å². The van der Waals surface area contributed by atoms with E-state index in [0.717, 1.165) is 17.0 Å². The number of hydrogen-bond donors (Lipinski definition) is 1. The molecule has 0 aliphatic carbocycles. The zero-order valence-corrected chi connectivity index (χ0v) is 10.6. The lowest BCUT2D eigenvalue weighted by molar-refractivity contribution is -0.137. The summed E-state index contributed by atoms with van der Waals surface area (Å²) in [5.74, 6) is -0.441. The van der Waals surface area contributed by atoms with Crippen molar-refractivity contribution in [1.82, 2.24) is 4.37 Å². The third-order valence-corrected chi connectivity index (χ3v) is 3.02. The summed E-state index contributed by atoms with van der Waals surface area (Å²) in [4.78, 5) is 12.6. The molecule has 0 atom stereocenters. The lowest BCUT2D eigenvalue weighted by Gasteiger charge is -2.08. The number of nitrogens with one attached hydrogen (secondary N) is 1. The van der Waals surface area contributed by atoms with Gasteiger partial charge < -0.3 is 5.32 Å². The Morgan fingerprint density at radius 1 is 1.26 bits per heavy atom. The predicted molar refractivity (Wildman–Crippen MR) is 66.2 cm³/mol. The van der Waals surface area contributed by atoms with Crippen LogP contribution in [0.1, 0.15) is 20.9 Å². The van der Waals surface area contributed by atoms with Crippen molar-refractivity contribution in [2.24, 2.45) is 0 Å². The number of anilines is 1. The Morgan fingerprint density at radius 3 is 2.37 bits per heavy atom. The smallest absolute Gasteiger partial charge is 0.321 e. The Bertz CT molecular complexity index is 590. The van der Waals surface area contributed by atoms with E-state index in [-0.39, 0.29) is 5.69 Å². The predicted octanol–water partition coefficient (Wildman–Crippen LogP) is 3.72. The van der Waals surface area contributed by atoms with E-state index < -0.39 is 17.6 Å². The second-order valence-electron chi connectivity index (χ2n) is 3.85. The van der Waals surface area contributed by atoms with Crippen LogP contribution < -0.4 is 5.32 Å². The second kappa shape index (κ2) is 5.00. The van der Waals surface area contributed by atoms with E-state index in [2.05, 4.69) is 9.69 Å². The van der Waals surface area contributed by atoms with Gasteiger partial charge in [0.05, 0.1) is 5.56 Å². The first-order valence-corrected chi connectivity index (χ1v) is 6.05. The third-order valence-electron chi connectivity index (χ3n) is 2.33. The molecule has 100 valence electrons. The van der Waals surface area contributed by atoms with Gasteiger partial charge in [-0.2, -0.15) is 17.5 Å². The number of rotatable bonds is 2. The summed E-state index contributed by atoms with van der Waals surface area (Å²) in [6.07, 6.45) is -4.38. The molecule has 1 aromatic heterocycles. The number of aromatic nitrogens is 1. The SMILES string of the molecule is Cc1cc(C(=O)Nc2ccc(C(F)(F)F)cc2)ns1. The average Bonchev–Trinajstić information content (AvgIpc) is 2.75. The van der Waals surface area contributed by atoms with E-state index in [1.165, 1.54) is 23.7 Å². The number of amides is 1. The maximum Gasteiger partial charge on any atom is 0.416 e. The van der Waals surface area contributed by atoms with Crippen molar-refractivity contribution in [2.45, 2.75) is 13.1 Å². The number of carbonyl (C=O) groups is 1. The number of aryl methyl sites for hydroxylation is 1. The van der Waals surface area contributed by atoms with E-state index in [1.807, 2.05) is 6.92 Å². The molecule has 7 heteroatoms. The van der Waals surface area contributed by atoms with E-state index >= 15 is 0 Å². The summed E-state index contributed by atoms with van der Waals surface area (Å²) in [6, 6.07) is 5.87. The Kier molecular flexibility index (Phi) is 3.57. The van der Waals surface area contributed by atoms with Gasteiger partial charge in [-0.05, 0) is 48.8 Å².